The molecule has 2 N–H and O–H groups in total. The number of anilines is 2. The van der Waals surface area contributed by atoms with Gasteiger partial charge in [-0.05, 0) is 31.5 Å². The van der Waals surface area contributed by atoms with E-state index in [0.29, 0.717) is 29.5 Å². The molecule has 0 bridgehead atoms. The summed E-state index contributed by atoms with van der Waals surface area (Å²) in [5.74, 6) is -0.349. The van der Waals surface area contributed by atoms with Crippen LogP contribution in [-0.2, 0) is 25.5 Å². The van der Waals surface area contributed by atoms with E-state index in [4.69, 9.17) is 4.74 Å². The first-order chi connectivity index (χ1) is 13.5. The van der Waals surface area contributed by atoms with Crippen molar-refractivity contribution >= 4 is 51.7 Å². The molecule has 0 unspecified atom stereocenters. The number of benzene rings is 1. The van der Waals surface area contributed by atoms with Crippen LogP contribution >= 0.6 is 23.1 Å². The van der Waals surface area contributed by atoms with Crippen molar-refractivity contribution < 1.29 is 19.1 Å². The van der Waals surface area contributed by atoms with Crippen molar-refractivity contribution in [1.82, 2.24) is 4.98 Å². The molecule has 0 atom stereocenters. The third-order valence-electron chi connectivity index (χ3n) is 3.39. The van der Waals surface area contributed by atoms with E-state index in [-0.39, 0.29) is 30.0 Å². The molecule has 2 amide bonds. The Hall–Kier alpha value is -2.39. The van der Waals surface area contributed by atoms with Gasteiger partial charge in [-0.2, -0.15) is 0 Å². The molecule has 2 aromatic rings. The molecule has 1 heterocycles. The molecule has 0 radical (unpaired) electrons. The Kier molecular flexibility index (Phi) is 8.96. The summed E-state index contributed by atoms with van der Waals surface area (Å²) in [5, 5.41) is 7.74. The van der Waals surface area contributed by atoms with Crippen molar-refractivity contribution in [3.63, 3.8) is 0 Å². The highest BCUT2D eigenvalue weighted by atomic mass is 32.2. The zero-order valence-electron chi connectivity index (χ0n) is 15.8. The quantitative estimate of drug-likeness (QED) is 0.448. The normalized spacial score (nSPS) is 10.4. The monoisotopic (exact) mass is 421 g/mol. The molecule has 1 aromatic carbocycles. The number of esters is 1. The number of nitrogens with one attached hydrogen (secondary N) is 2. The molecule has 28 heavy (non-hydrogen) atoms. The van der Waals surface area contributed by atoms with Crippen LogP contribution in [0.25, 0.3) is 0 Å². The highest BCUT2D eigenvalue weighted by Crippen LogP contribution is 2.23. The number of carbonyl (C=O) groups excluding carboxylic acids is 3. The van der Waals surface area contributed by atoms with Gasteiger partial charge in [-0.1, -0.05) is 13.0 Å². The van der Waals surface area contributed by atoms with Gasteiger partial charge in [0.2, 0.25) is 11.8 Å². The number of ether oxygens (including phenoxy) is 1. The number of aromatic nitrogens is 1. The standard InChI is InChI=1S/C19H23N3O4S2/c1-3-6-16(23)20-13-7-5-8-15(9-13)27-12-17(24)22-19-21-14(11-28-19)10-18(25)26-4-2/h5,7-9,11H,3-4,6,10,12H2,1-2H3,(H,20,23)(H,21,22,24). The van der Waals surface area contributed by atoms with Crippen molar-refractivity contribution in [3.8, 4) is 0 Å². The Labute approximate surface area is 172 Å². The number of amides is 2. The number of carbonyl (C=O) groups is 3. The molecule has 0 saturated heterocycles. The maximum Gasteiger partial charge on any atom is 0.311 e. The van der Waals surface area contributed by atoms with Crippen LogP contribution in [0.1, 0.15) is 32.4 Å². The van der Waals surface area contributed by atoms with E-state index < -0.39 is 0 Å². The molecular weight excluding hydrogens is 398 g/mol. The van der Waals surface area contributed by atoms with Gasteiger partial charge in [0, 0.05) is 22.4 Å². The van der Waals surface area contributed by atoms with E-state index in [0.717, 1.165) is 11.3 Å². The number of rotatable bonds is 10. The predicted molar refractivity (Wildman–Crippen MR) is 112 cm³/mol. The van der Waals surface area contributed by atoms with Gasteiger partial charge in [-0.15, -0.1) is 23.1 Å². The summed E-state index contributed by atoms with van der Waals surface area (Å²) in [6, 6.07) is 7.38. The van der Waals surface area contributed by atoms with Crippen LogP contribution in [0, 0.1) is 0 Å². The Morgan fingerprint density at radius 1 is 1.18 bits per heavy atom. The lowest BCUT2D eigenvalue weighted by Gasteiger charge is -2.07. The lowest BCUT2D eigenvalue weighted by molar-refractivity contribution is -0.142. The summed E-state index contributed by atoms with van der Waals surface area (Å²) in [7, 11) is 0. The van der Waals surface area contributed by atoms with Crippen LogP contribution in [0.2, 0.25) is 0 Å². The number of thioether (sulfide) groups is 1. The zero-order valence-corrected chi connectivity index (χ0v) is 17.5. The molecule has 1 aromatic heterocycles. The van der Waals surface area contributed by atoms with E-state index in [1.807, 2.05) is 31.2 Å². The summed E-state index contributed by atoms with van der Waals surface area (Å²) in [6.07, 6.45) is 1.36. The molecule has 0 aliphatic rings. The maximum absolute atomic E-state index is 12.1. The lowest BCUT2D eigenvalue weighted by atomic mass is 10.3. The third kappa shape index (κ3) is 7.69. The maximum atomic E-state index is 12.1. The number of nitrogens with zero attached hydrogens (tertiary/aromatic N) is 1. The summed E-state index contributed by atoms with van der Waals surface area (Å²) in [6.45, 7) is 4.02. The zero-order chi connectivity index (χ0) is 20.4. The predicted octanol–water partition coefficient (Wildman–Crippen LogP) is 3.72. The largest absolute Gasteiger partial charge is 0.466 e. The minimum Gasteiger partial charge on any atom is -0.466 e. The van der Waals surface area contributed by atoms with Gasteiger partial charge >= 0.3 is 5.97 Å². The minimum absolute atomic E-state index is 0.0233. The van der Waals surface area contributed by atoms with Gasteiger partial charge in [0.25, 0.3) is 0 Å². The van der Waals surface area contributed by atoms with E-state index in [1.165, 1.54) is 23.1 Å². The van der Waals surface area contributed by atoms with Crippen LogP contribution in [0.3, 0.4) is 0 Å². The van der Waals surface area contributed by atoms with Crippen molar-refractivity contribution in [3.05, 3.63) is 35.3 Å². The molecule has 9 heteroatoms. The van der Waals surface area contributed by atoms with Crippen LogP contribution in [0.5, 0.6) is 0 Å². The fourth-order valence-corrected chi connectivity index (χ4v) is 3.71. The third-order valence-corrected chi connectivity index (χ3v) is 5.19. The second-order valence-electron chi connectivity index (χ2n) is 5.79. The highest BCUT2D eigenvalue weighted by Gasteiger charge is 2.11. The van der Waals surface area contributed by atoms with E-state index in [1.54, 1.807) is 12.3 Å². The Morgan fingerprint density at radius 3 is 2.75 bits per heavy atom. The van der Waals surface area contributed by atoms with E-state index in [2.05, 4.69) is 15.6 Å². The SMILES string of the molecule is CCCC(=O)Nc1cccc(SCC(=O)Nc2nc(CC(=O)OCC)cs2)c1. The fraction of sp³-hybridized carbons (Fsp3) is 0.368. The first-order valence-corrected chi connectivity index (χ1v) is 10.8. The van der Waals surface area contributed by atoms with Gasteiger partial charge in [-0.25, -0.2) is 4.98 Å². The molecule has 0 spiro atoms. The summed E-state index contributed by atoms with van der Waals surface area (Å²) < 4.78 is 4.88. The van der Waals surface area contributed by atoms with Crippen molar-refractivity contribution in [1.29, 1.82) is 0 Å². The van der Waals surface area contributed by atoms with Crippen molar-refractivity contribution in [2.45, 2.75) is 38.0 Å². The van der Waals surface area contributed by atoms with Crippen molar-refractivity contribution in [2.24, 2.45) is 0 Å². The Bertz CT molecular complexity index is 823. The second-order valence-corrected chi connectivity index (χ2v) is 7.70. The van der Waals surface area contributed by atoms with Gasteiger partial charge in [0.05, 0.1) is 24.5 Å². The molecule has 2 rings (SSSR count). The van der Waals surface area contributed by atoms with Gasteiger partial charge in [0.1, 0.15) is 0 Å². The van der Waals surface area contributed by atoms with Gasteiger partial charge in [-0.3, -0.25) is 14.4 Å². The Balaban J connectivity index is 1.82. The topological polar surface area (TPSA) is 97.4 Å². The molecule has 150 valence electrons. The molecular formula is C19H23N3O4S2. The minimum atomic E-state index is -0.341. The van der Waals surface area contributed by atoms with E-state index >= 15 is 0 Å². The fourth-order valence-electron chi connectivity index (χ4n) is 2.22. The van der Waals surface area contributed by atoms with Gasteiger partial charge < -0.3 is 15.4 Å². The number of hydrogen-bond acceptors (Lipinski definition) is 7. The first-order valence-electron chi connectivity index (χ1n) is 8.92. The molecule has 7 nitrogen and oxygen atoms in total. The van der Waals surface area contributed by atoms with Gasteiger partial charge in [0.15, 0.2) is 5.13 Å². The average molecular weight is 422 g/mol. The molecule has 0 saturated carbocycles. The summed E-state index contributed by atoms with van der Waals surface area (Å²) in [5.41, 5.74) is 1.29. The molecule has 0 fully saturated rings. The van der Waals surface area contributed by atoms with E-state index in [9.17, 15) is 14.4 Å². The number of hydrogen-bond donors (Lipinski definition) is 2. The highest BCUT2D eigenvalue weighted by molar-refractivity contribution is 8.00. The molecule has 0 aliphatic carbocycles. The molecule has 0 aliphatic heterocycles. The smallest absolute Gasteiger partial charge is 0.311 e. The number of thiazole rings is 1. The second kappa shape index (κ2) is 11.5. The Morgan fingerprint density at radius 2 is 2.00 bits per heavy atom. The van der Waals surface area contributed by atoms with Crippen LogP contribution in [0.15, 0.2) is 34.5 Å². The summed E-state index contributed by atoms with van der Waals surface area (Å²) >= 11 is 2.63. The average Bonchev–Trinajstić information content (AvgIpc) is 3.07. The first kappa shape index (κ1) is 21.9. The van der Waals surface area contributed by atoms with Crippen LogP contribution < -0.4 is 10.6 Å². The van der Waals surface area contributed by atoms with Crippen LogP contribution in [-0.4, -0.2) is 35.1 Å². The summed E-state index contributed by atoms with van der Waals surface area (Å²) in [4.78, 5) is 40.4. The van der Waals surface area contributed by atoms with Crippen molar-refractivity contribution in [2.75, 3.05) is 23.0 Å². The lowest BCUT2D eigenvalue weighted by Crippen LogP contribution is -2.14. The van der Waals surface area contributed by atoms with Crippen LogP contribution in [0.4, 0.5) is 10.8 Å².